The SMILES string of the molecule is NC(=O)c1cccc(Oc2ccc(Nc3cc(=O)[nH]c(=O)n3Cc3ccc(Cl)cc3)cc2)n1. The molecule has 2 aromatic heterocycles. The lowest BCUT2D eigenvalue weighted by molar-refractivity contribution is 0.0995. The highest BCUT2D eigenvalue weighted by Crippen LogP contribution is 2.23. The first-order valence-electron chi connectivity index (χ1n) is 9.78. The van der Waals surface area contributed by atoms with Gasteiger partial charge in [0.05, 0.1) is 6.54 Å². The van der Waals surface area contributed by atoms with Gasteiger partial charge in [0.15, 0.2) is 0 Å². The average molecular weight is 464 g/mol. The molecule has 0 saturated heterocycles. The molecular weight excluding hydrogens is 446 g/mol. The van der Waals surface area contributed by atoms with Crippen molar-refractivity contribution in [3.8, 4) is 11.6 Å². The minimum atomic E-state index is -0.650. The van der Waals surface area contributed by atoms with E-state index in [1.165, 1.54) is 16.7 Å². The van der Waals surface area contributed by atoms with Gasteiger partial charge in [-0.05, 0) is 48.0 Å². The normalized spacial score (nSPS) is 10.6. The van der Waals surface area contributed by atoms with Gasteiger partial charge in [-0.25, -0.2) is 9.78 Å². The quantitative estimate of drug-likeness (QED) is 0.385. The van der Waals surface area contributed by atoms with E-state index in [0.29, 0.717) is 22.3 Å². The number of rotatable bonds is 7. The van der Waals surface area contributed by atoms with Crippen LogP contribution in [0.5, 0.6) is 11.6 Å². The summed E-state index contributed by atoms with van der Waals surface area (Å²) in [5.41, 5.74) is 5.73. The van der Waals surface area contributed by atoms with Crippen molar-refractivity contribution in [2.75, 3.05) is 5.32 Å². The number of nitrogens with zero attached hydrogens (tertiary/aromatic N) is 2. The molecule has 1 amide bonds. The Balaban J connectivity index is 1.55. The number of ether oxygens (including phenoxy) is 1. The molecule has 0 saturated carbocycles. The number of primary amides is 1. The van der Waals surface area contributed by atoms with E-state index in [9.17, 15) is 14.4 Å². The molecule has 0 radical (unpaired) electrons. The maximum absolute atomic E-state index is 12.4. The van der Waals surface area contributed by atoms with Crippen LogP contribution in [0, 0.1) is 0 Å². The Hall–Kier alpha value is -4.37. The number of carbonyl (C=O) groups is 1. The first-order valence-corrected chi connectivity index (χ1v) is 10.2. The second-order valence-electron chi connectivity index (χ2n) is 7.01. The van der Waals surface area contributed by atoms with E-state index < -0.39 is 17.2 Å². The molecule has 0 aliphatic carbocycles. The van der Waals surface area contributed by atoms with Crippen LogP contribution in [0.2, 0.25) is 5.02 Å². The summed E-state index contributed by atoms with van der Waals surface area (Å²) >= 11 is 5.93. The van der Waals surface area contributed by atoms with Gasteiger partial charge in [0.2, 0.25) is 5.88 Å². The van der Waals surface area contributed by atoms with Crippen LogP contribution in [-0.4, -0.2) is 20.4 Å². The third kappa shape index (κ3) is 5.46. The Bertz CT molecular complexity index is 1410. The molecule has 0 bridgehead atoms. The van der Waals surface area contributed by atoms with Gasteiger partial charge in [-0.1, -0.05) is 29.8 Å². The molecule has 0 aliphatic heterocycles. The summed E-state index contributed by atoms with van der Waals surface area (Å²) in [6.45, 7) is 0.234. The van der Waals surface area contributed by atoms with E-state index in [-0.39, 0.29) is 18.1 Å². The Labute approximate surface area is 192 Å². The molecular formula is C23H18ClN5O4. The fraction of sp³-hybridized carbons (Fsp3) is 0.0435. The number of aromatic nitrogens is 3. The summed E-state index contributed by atoms with van der Waals surface area (Å²) in [6, 6.07) is 19.9. The van der Waals surface area contributed by atoms with Crippen molar-refractivity contribution in [1.82, 2.24) is 14.5 Å². The van der Waals surface area contributed by atoms with Crippen molar-refractivity contribution in [2.24, 2.45) is 5.73 Å². The predicted octanol–water partition coefficient (Wildman–Crippen LogP) is 3.27. The molecule has 9 nitrogen and oxygen atoms in total. The summed E-state index contributed by atoms with van der Waals surface area (Å²) in [4.78, 5) is 41.9. The number of aromatic amines is 1. The number of carbonyl (C=O) groups excluding carboxylic acids is 1. The number of pyridine rings is 1. The van der Waals surface area contributed by atoms with E-state index in [0.717, 1.165) is 5.56 Å². The maximum atomic E-state index is 12.4. The van der Waals surface area contributed by atoms with Gasteiger partial charge in [0, 0.05) is 22.8 Å². The Morgan fingerprint density at radius 1 is 1.06 bits per heavy atom. The van der Waals surface area contributed by atoms with Crippen molar-refractivity contribution in [3.05, 3.63) is 110 Å². The minimum absolute atomic E-state index is 0.0961. The fourth-order valence-corrected chi connectivity index (χ4v) is 3.16. The summed E-state index contributed by atoms with van der Waals surface area (Å²) in [5, 5.41) is 3.67. The van der Waals surface area contributed by atoms with Crippen molar-refractivity contribution in [1.29, 1.82) is 0 Å². The van der Waals surface area contributed by atoms with Gasteiger partial charge in [0.25, 0.3) is 11.5 Å². The topological polar surface area (TPSA) is 132 Å². The van der Waals surface area contributed by atoms with Crippen molar-refractivity contribution >= 4 is 29.0 Å². The number of benzene rings is 2. The number of nitrogens with one attached hydrogen (secondary N) is 2. The van der Waals surface area contributed by atoms with Gasteiger partial charge in [-0.2, -0.15) is 0 Å². The largest absolute Gasteiger partial charge is 0.439 e. The van der Waals surface area contributed by atoms with Gasteiger partial charge < -0.3 is 15.8 Å². The van der Waals surface area contributed by atoms with Crippen LogP contribution in [0.15, 0.2) is 82.4 Å². The summed E-state index contributed by atoms with van der Waals surface area (Å²) in [5.74, 6) is 0.364. The van der Waals surface area contributed by atoms with Crippen LogP contribution in [0.3, 0.4) is 0 Å². The van der Waals surface area contributed by atoms with Crippen LogP contribution in [0.25, 0.3) is 0 Å². The van der Waals surface area contributed by atoms with Crippen LogP contribution in [-0.2, 0) is 6.54 Å². The Kier molecular flexibility index (Phi) is 6.23. The fourth-order valence-electron chi connectivity index (χ4n) is 3.04. The van der Waals surface area contributed by atoms with Crippen LogP contribution >= 0.6 is 11.6 Å². The second-order valence-corrected chi connectivity index (χ2v) is 7.45. The van der Waals surface area contributed by atoms with E-state index >= 15 is 0 Å². The number of hydrogen-bond acceptors (Lipinski definition) is 6. The highest BCUT2D eigenvalue weighted by molar-refractivity contribution is 6.30. The lowest BCUT2D eigenvalue weighted by atomic mass is 10.2. The summed E-state index contributed by atoms with van der Waals surface area (Å²) in [7, 11) is 0. The maximum Gasteiger partial charge on any atom is 0.330 e. The number of hydrogen-bond donors (Lipinski definition) is 3. The highest BCUT2D eigenvalue weighted by atomic mass is 35.5. The molecule has 0 aliphatic rings. The molecule has 4 aromatic rings. The molecule has 10 heteroatoms. The number of H-pyrrole nitrogens is 1. The first kappa shape index (κ1) is 21.8. The van der Waals surface area contributed by atoms with Crippen LogP contribution in [0.4, 0.5) is 11.5 Å². The number of amides is 1. The molecule has 0 spiro atoms. The molecule has 2 heterocycles. The predicted molar refractivity (Wildman–Crippen MR) is 124 cm³/mol. The van der Waals surface area contributed by atoms with E-state index in [1.54, 1.807) is 60.7 Å². The van der Waals surface area contributed by atoms with E-state index in [1.807, 2.05) is 0 Å². The average Bonchev–Trinajstić information content (AvgIpc) is 2.79. The Morgan fingerprint density at radius 2 is 1.79 bits per heavy atom. The molecule has 166 valence electrons. The zero-order valence-electron chi connectivity index (χ0n) is 17.1. The van der Waals surface area contributed by atoms with Crippen LogP contribution < -0.4 is 27.0 Å². The zero-order valence-corrected chi connectivity index (χ0v) is 17.9. The van der Waals surface area contributed by atoms with E-state index in [4.69, 9.17) is 22.1 Å². The highest BCUT2D eigenvalue weighted by Gasteiger charge is 2.09. The monoisotopic (exact) mass is 463 g/mol. The summed E-state index contributed by atoms with van der Waals surface area (Å²) in [6.07, 6.45) is 0. The van der Waals surface area contributed by atoms with Crippen molar-refractivity contribution in [2.45, 2.75) is 6.54 Å². The molecule has 33 heavy (non-hydrogen) atoms. The third-order valence-electron chi connectivity index (χ3n) is 4.61. The molecule has 4 N–H and O–H groups in total. The van der Waals surface area contributed by atoms with Gasteiger partial charge >= 0.3 is 5.69 Å². The Morgan fingerprint density at radius 3 is 2.48 bits per heavy atom. The van der Waals surface area contributed by atoms with Crippen molar-refractivity contribution in [3.63, 3.8) is 0 Å². The van der Waals surface area contributed by atoms with Gasteiger partial charge in [-0.15, -0.1) is 0 Å². The van der Waals surface area contributed by atoms with Gasteiger partial charge in [0.1, 0.15) is 17.3 Å². The molecule has 4 rings (SSSR count). The van der Waals surface area contributed by atoms with E-state index in [2.05, 4.69) is 15.3 Å². The molecule has 0 atom stereocenters. The lowest BCUT2D eigenvalue weighted by Gasteiger charge is -2.14. The third-order valence-corrected chi connectivity index (χ3v) is 4.86. The zero-order chi connectivity index (χ0) is 23.4. The summed E-state index contributed by atoms with van der Waals surface area (Å²) < 4.78 is 7.07. The number of nitrogens with two attached hydrogens (primary N) is 1. The molecule has 0 fully saturated rings. The molecule has 0 unspecified atom stereocenters. The minimum Gasteiger partial charge on any atom is -0.439 e. The standard InChI is InChI=1S/C23H18ClN5O4/c24-15-6-4-14(5-7-15)13-29-19(12-20(30)28-23(29)32)26-16-8-10-17(11-9-16)33-21-3-1-2-18(27-21)22(25)31/h1-12,26H,13H2,(H2,25,31)(H,28,30,32). The number of anilines is 2. The van der Waals surface area contributed by atoms with Gasteiger partial charge in [-0.3, -0.25) is 19.1 Å². The van der Waals surface area contributed by atoms with Crippen LogP contribution in [0.1, 0.15) is 16.1 Å². The smallest absolute Gasteiger partial charge is 0.330 e. The van der Waals surface area contributed by atoms with Crippen molar-refractivity contribution < 1.29 is 9.53 Å². The second kappa shape index (κ2) is 9.41. The molecule has 2 aromatic carbocycles. The first-order chi connectivity index (χ1) is 15.9. The number of halogens is 1. The lowest BCUT2D eigenvalue weighted by Crippen LogP contribution is -2.31.